The van der Waals surface area contributed by atoms with Gasteiger partial charge < -0.3 is 4.74 Å². The average molecular weight is 202 g/mol. The summed E-state index contributed by atoms with van der Waals surface area (Å²) in [5.74, 6) is -0.169. The highest BCUT2D eigenvalue weighted by atomic mass is 16.5. The van der Waals surface area contributed by atoms with Crippen molar-refractivity contribution < 1.29 is 9.53 Å². The predicted molar refractivity (Wildman–Crippen MR) is 59.2 cm³/mol. The third-order valence-corrected chi connectivity index (χ3v) is 2.53. The van der Waals surface area contributed by atoms with Gasteiger partial charge in [-0.15, -0.1) is 0 Å². The second-order valence-corrected chi connectivity index (χ2v) is 3.83. The van der Waals surface area contributed by atoms with Crippen LogP contribution in [0, 0.1) is 0 Å². The Morgan fingerprint density at radius 2 is 2.07 bits per heavy atom. The van der Waals surface area contributed by atoms with Crippen molar-refractivity contribution in [3.63, 3.8) is 0 Å². The van der Waals surface area contributed by atoms with Crippen molar-refractivity contribution in [2.45, 2.75) is 25.9 Å². The minimum absolute atomic E-state index is 0.0606. The number of benzene rings is 1. The summed E-state index contributed by atoms with van der Waals surface area (Å²) in [6, 6.07) is 9.85. The third-order valence-electron chi connectivity index (χ3n) is 2.53. The molecule has 1 heterocycles. The molecule has 0 saturated carbocycles. The lowest BCUT2D eigenvalue weighted by Crippen LogP contribution is -2.22. The highest BCUT2D eigenvalue weighted by Crippen LogP contribution is 2.21. The maximum Gasteiger partial charge on any atom is 0.334 e. The van der Waals surface area contributed by atoms with E-state index in [1.54, 1.807) is 0 Å². The van der Waals surface area contributed by atoms with Gasteiger partial charge >= 0.3 is 5.97 Å². The fourth-order valence-corrected chi connectivity index (χ4v) is 1.66. The number of cyclic esters (lactones) is 1. The zero-order chi connectivity index (χ0) is 10.7. The zero-order valence-electron chi connectivity index (χ0n) is 8.77. The Bertz CT molecular complexity index is 379. The van der Waals surface area contributed by atoms with Gasteiger partial charge in [-0.1, -0.05) is 30.3 Å². The van der Waals surface area contributed by atoms with Gasteiger partial charge in [0.2, 0.25) is 0 Å². The second kappa shape index (κ2) is 4.30. The normalized spacial score (nSPS) is 23.9. The van der Waals surface area contributed by atoms with E-state index in [2.05, 4.69) is 0 Å². The van der Waals surface area contributed by atoms with E-state index in [-0.39, 0.29) is 12.1 Å². The first-order valence-electron chi connectivity index (χ1n) is 5.22. The SMILES string of the molecule is CC1CC/C(=C\c2ccccc2)C(=O)O1. The molecular formula is C13H14O2. The van der Waals surface area contributed by atoms with Crippen molar-refractivity contribution in [1.82, 2.24) is 0 Å². The maximum absolute atomic E-state index is 11.5. The minimum Gasteiger partial charge on any atom is -0.459 e. The van der Waals surface area contributed by atoms with E-state index in [1.165, 1.54) is 0 Å². The summed E-state index contributed by atoms with van der Waals surface area (Å²) < 4.78 is 5.16. The number of ether oxygens (including phenoxy) is 1. The van der Waals surface area contributed by atoms with Crippen LogP contribution in [-0.4, -0.2) is 12.1 Å². The summed E-state index contributed by atoms with van der Waals surface area (Å²) >= 11 is 0. The van der Waals surface area contributed by atoms with Crippen LogP contribution in [0.2, 0.25) is 0 Å². The molecule has 1 aliphatic rings. The Morgan fingerprint density at radius 3 is 2.73 bits per heavy atom. The number of hydrogen-bond acceptors (Lipinski definition) is 2. The number of esters is 1. The van der Waals surface area contributed by atoms with Gasteiger partial charge in [-0.3, -0.25) is 0 Å². The molecule has 0 N–H and O–H groups in total. The molecule has 1 aromatic carbocycles. The molecule has 1 aliphatic heterocycles. The van der Waals surface area contributed by atoms with Crippen LogP contribution in [0.25, 0.3) is 6.08 Å². The van der Waals surface area contributed by atoms with Crippen molar-refractivity contribution in [2.24, 2.45) is 0 Å². The van der Waals surface area contributed by atoms with Crippen molar-refractivity contribution in [2.75, 3.05) is 0 Å². The molecule has 0 aromatic heterocycles. The van der Waals surface area contributed by atoms with Gasteiger partial charge in [-0.25, -0.2) is 4.79 Å². The van der Waals surface area contributed by atoms with Crippen molar-refractivity contribution in [3.05, 3.63) is 41.5 Å². The van der Waals surface area contributed by atoms with Crippen LogP contribution in [0.4, 0.5) is 0 Å². The van der Waals surface area contributed by atoms with Gasteiger partial charge in [-0.2, -0.15) is 0 Å². The second-order valence-electron chi connectivity index (χ2n) is 3.83. The molecule has 0 amide bonds. The lowest BCUT2D eigenvalue weighted by atomic mass is 10.0. The average Bonchev–Trinajstić information content (AvgIpc) is 2.24. The molecule has 78 valence electrons. The van der Waals surface area contributed by atoms with Gasteiger partial charge in [0, 0.05) is 5.57 Å². The lowest BCUT2D eigenvalue weighted by Gasteiger charge is -2.20. The predicted octanol–water partition coefficient (Wildman–Crippen LogP) is 2.80. The van der Waals surface area contributed by atoms with Crippen molar-refractivity contribution in [1.29, 1.82) is 0 Å². The number of hydrogen-bond donors (Lipinski definition) is 0. The molecule has 1 saturated heterocycles. The Kier molecular flexibility index (Phi) is 2.86. The molecule has 0 aliphatic carbocycles. The van der Waals surface area contributed by atoms with E-state index in [4.69, 9.17) is 4.74 Å². The van der Waals surface area contributed by atoms with Crippen LogP contribution < -0.4 is 0 Å². The Labute approximate surface area is 89.6 Å². The molecule has 1 unspecified atom stereocenters. The quantitative estimate of drug-likeness (QED) is 0.517. The fourth-order valence-electron chi connectivity index (χ4n) is 1.66. The van der Waals surface area contributed by atoms with Gasteiger partial charge in [0.25, 0.3) is 0 Å². The number of rotatable bonds is 1. The van der Waals surface area contributed by atoms with Crippen LogP contribution in [-0.2, 0) is 9.53 Å². The molecule has 1 atom stereocenters. The van der Waals surface area contributed by atoms with Crippen LogP contribution in [0.1, 0.15) is 25.3 Å². The van der Waals surface area contributed by atoms with E-state index in [9.17, 15) is 4.79 Å². The van der Waals surface area contributed by atoms with Crippen molar-refractivity contribution >= 4 is 12.0 Å². The van der Waals surface area contributed by atoms with Gasteiger partial charge in [0.1, 0.15) is 0 Å². The molecular weight excluding hydrogens is 188 g/mol. The van der Waals surface area contributed by atoms with Crippen LogP contribution in [0.15, 0.2) is 35.9 Å². The van der Waals surface area contributed by atoms with E-state index < -0.39 is 0 Å². The fraction of sp³-hybridized carbons (Fsp3) is 0.308. The Balaban J connectivity index is 2.17. The van der Waals surface area contributed by atoms with Gasteiger partial charge in [-0.05, 0) is 31.4 Å². The van der Waals surface area contributed by atoms with Gasteiger partial charge in [0.15, 0.2) is 0 Å². The van der Waals surface area contributed by atoms with E-state index in [0.717, 1.165) is 24.0 Å². The highest BCUT2D eigenvalue weighted by molar-refractivity contribution is 5.94. The Hall–Kier alpha value is -1.57. The summed E-state index contributed by atoms with van der Waals surface area (Å²) in [6.45, 7) is 1.93. The lowest BCUT2D eigenvalue weighted by molar-refractivity contribution is -0.146. The zero-order valence-corrected chi connectivity index (χ0v) is 8.77. The molecule has 2 heteroatoms. The standard InChI is InChI=1S/C13H14O2/c1-10-7-8-12(13(14)15-10)9-11-5-3-2-4-6-11/h2-6,9-10H,7-8H2,1H3/b12-9+. The van der Waals surface area contributed by atoms with Crippen molar-refractivity contribution in [3.8, 4) is 0 Å². The first kappa shape index (κ1) is 9.97. The molecule has 0 spiro atoms. The number of carbonyl (C=O) groups excluding carboxylic acids is 1. The molecule has 15 heavy (non-hydrogen) atoms. The van der Waals surface area contributed by atoms with Crippen LogP contribution >= 0.6 is 0 Å². The topological polar surface area (TPSA) is 26.3 Å². The first-order valence-corrected chi connectivity index (χ1v) is 5.22. The van der Waals surface area contributed by atoms with E-state index >= 15 is 0 Å². The monoisotopic (exact) mass is 202 g/mol. The van der Waals surface area contributed by atoms with E-state index in [1.807, 2.05) is 43.3 Å². The van der Waals surface area contributed by atoms with Gasteiger partial charge in [0.05, 0.1) is 6.10 Å². The Morgan fingerprint density at radius 1 is 1.33 bits per heavy atom. The smallest absolute Gasteiger partial charge is 0.334 e. The highest BCUT2D eigenvalue weighted by Gasteiger charge is 2.21. The summed E-state index contributed by atoms with van der Waals surface area (Å²) in [6.07, 6.45) is 3.71. The molecule has 1 aromatic rings. The summed E-state index contributed by atoms with van der Waals surface area (Å²) in [7, 11) is 0. The molecule has 2 rings (SSSR count). The van der Waals surface area contributed by atoms with Crippen LogP contribution in [0.3, 0.4) is 0 Å². The largest absolute Gasteiger partial charge is 0.459 e. The maximum atomic E-state index is 11.5. The summed E-state index contributed by atoms with van der Waals surface area (Å²) in [5, 5.41) is 0. The minimum atomic E-state index is -0.169. The molecule has 1 fully saturated rings. The third kappa shape index (κ3) is 2.46. The summed E-state index contributed by atoms with van der Waals surface area (Å²) in [5.41, 5.74) is 1.83. The number of carbonyl (C=O) groups is 1. The van der Waals surface area contributed by atoms with E-state index in [0.29, 0.717) is 0 Å². The first-order chi connectivity index (χ1) is 7.25. The molecule has 2 nitrogen and oxygen atoms in total. The summed E-state index contributed by atoms with van der Waals surface area (Å²) in [4.78, 5) is 11.5. The molecule has 0 bridgehead atoms. The van der Waals surface area contributed by atoms with Crippen LogP contribution in [0.5, 0.6) is 0 Å². The molecule has 0 radical (unpaired) electrons.